The Kier molecular flexibility index (Phi) is 70.3. The number of methoxy groups -OCH3 is 4. The van der Waals surface area contributed by atoms with Crippen molar-refractivity contribution < 1.29 is 145 Å². The van der Waals surface area contributed by atoms with Gasteiger partial charge in [0, 0.05) is 122 Å². The van der Waals surface area contributed by atoms with Gasteiger partial charge in [-0.2, -0.15) is 0 Å². The van der Waals surface area contributed by atoms with E-state index in [1.54, 1.807) is 78.2 Å². The molecule has 134 heavy (non-hydrogen) atoms. The number of ether oxygens (including phenoxy) is 13. The maximum Gasteiger partial charge on any atom is 0.309 e. The number of hydrogen-bond acceptors (Lipinski definition) is 35. The van der Waals surface area contributed by atoms with Crippen molar-refractivity contribution in [2.75, 3.05) is 127 Å². The van der Waals surface area contributed by atoms with Crippen molar-refractivity contribution in [1.82, 2.24) is 41.0 Å². The molecule has 0 saturated carbocycles. The predicted octanol–water partition coefficient (Wildman–Crippen LogP) is 9.18. The summed E-state index contributed by atoms with van der Waals surface area (Å²) in [6.07, 6.45) is 5.28. The number of amides is 5. The molecule has 38 nitrogen and oxygen atoms in total. The van der Waals surface area contributed by atoms with Crippen molar-refractivity contribution in [2.24, 2.45) is 17.8 Å². The first-order chi connectivity index (χ1) is 64.1. The molecule has 1 aliphatic rings. The number of phenolic OH excluding ortho intramolecular Hbond substituents is 1. The Balaban J connectivity index is 0.00000122. The maximum absolute atomic E-state index is 14.8. The van der Waals surface area contributed by atoms with Gasteiger partial charge in [0.2, 0.25) is 23.6 Å². The number of piperidine rings is 1. The van der Waals surface area contributed by atoms with Crippen molar-refractivity contribution >= 4 is 92.3 Å². The number of aliphatic hydroxyl groups is 5. The van der Waals surface area contributed by atoms with Gasteiger partial charge in [0.25, 0.3) is 5.91 Å². The van der Waals surface area contributed by atoms with Gasteiger partial charge in [0.1, 0.15) is 59.5 Å². The molecule has 0 bridgehead atoms. The number of aliphatic hydroxyl groups excluding tert-OH is 5. The van der Waals surface area contributed by atoms with E-state index in [9.17, 15) is 53.1 Å². The van der Waals surface area contributed by atoms with Crippen molar-refractivity contribution in [1.29, 1.82) is 0 Å². The van der Waals surface area contributed by atoms with Gasteiger partial charge in [-0.05, 0) is 157 Å². The first-order valence-corrected chi connectivity index (χ1v) is 49.7. The highest BCUT2D eigenvalue weighted by atomic mass is 33.1. The van der Waals surface area contributed by atoms with Crippen LogP contribution in [0.4, 0.5) is 0 Å². The highest BCUT2D eigenvalue weighted by molar-refractivity contribution is 8.76. The van der Waals surface area contributed by atoms with Crippen molar-refractivity contribution in [2.45, 2.75) is 309 Å². The van der Waals surface area contributed by atoms with Crippen LogP contribution < -0.4 is 21.3 Å². The Hall–Kier alpha value is -7.40. The molecular formula is C93H158N8O30S3. The van der Waals surface area contributed by atoms with Crippen LogP contribution in [0, 0.1) is 17.8 Å². The highest BCUT2D eigenvalue weighted by Crippen LogP contribution is 2.33. The molecule has 9 unspecified atom stereocenters. The lowest BCUT2D eigenvalue weighted by atomic mass is 9.92. The summed E-state index contributed by atoms with van der Waals surface area (Å²) in [6.45, 7) is 24.3. The number of rotatable bonds is 68. The lowest BCUT2D eigenvalue weighted by Crippen LogP contribution is -2.58. The molecule has 41 heteroatoms. The molecule has 768 valence electrons. The second-order valence-electron chi connectivity index (χ2n) is 32.5. The van der Waals surface area contributed by atoms with E-state index in [1.165, 1.54) is 39.8 Å². The summed E-state index contributed by atoms with van der Waals surface area (Å²) in [5, 5.41) is 78.1. The zero-order valence-corrected chi connectivity index (χ0v) is 84.2. The van der Waals surface area contributed by atoms with Gasteiger partial charge in [-0.15, -0.1) is 11.3 Å². The molecule has 1 fully saturated rings. The number of aromatic nitrogens is 2. The van der Waals surface area contributed by atoms with Crippen LogP contribution in [0.5, 0.6) is 5.75 Å². The number of carbonyl (C=O) groups excluding carboxylic acids is 9. The number of benzene rings is 1. The van der Waals surface area contributed by atoms with E-state index in [0.717, 1.165) is 48.6 Å². The Morgan fingerprint density at radius 2 is 1.16 bits per heavy atom. The third-order valence-electron chi connectivity index (χ3n) is 21.1. The SMILES string of the molecule is CCC(CO)OC(CO)OC.CCC(CO)OC(COC(=O)CCCC(=O)NCCSSc1ccccn1)OC.CCC(CO)OC(COC(=O)CCCC(=O)O)OC.CCCO[C@H](C[C@H](C(C)C)N(CCC)C(=O)[C@@H](NC(=O)[C@H]1CCCCN1C)[C@@H](C)CC)c1nc(C(=O)N[C@@H](Cc2ccc(O)cc2)C[C@H](C)C(=O)OC(C)CNC(=O)CCCC(=O)OCC(OC)OC(C)CO)cs1. The van der Waals surface area contributed by atoms with Gasteiger partial charge >= 0.3 is 29.8 Å². The van der Waals surface area contributed by atoms with Crippen LogP contribution >= 0.6 is 32.9 Å². The average Bonchev–Trinajstić information content (AvgIpc) is 1.54. The standard InChI is InChI=1S/C55H90N6O13S.C19H30N2O6S2.C12H22O7.C7H16O4/c1-12-25-61(54(68)50(36(6)14-3)59-52(67)44-18-15-16-26-60(44)10)45(35(4)5)30-46(71-27-13-2)53-58-43(34-75-53)51(66)57-41(29-40-21-23-42(63)24-22-40)28-37(7)55(69)74-38(8)31-56-47(64)19-17-20-48(65)72-33-49(70-11)73-39(9)32-62;1-3-15(13-22)27-19(25-2)14-26-18(24)9-6-7-16(23)20-11-12-28-29-17-8-4-5-10-21-17;1-3-9(7-13)19-12(17-2)8-18-11(16)6-4-5-10(14)15;1-3-6(4-8)11-7(5-9)10-2/h21-24,34-39,41,44-46,49-50,62-63H,12-20,25-33H2,1-11H3,(H,56,64)(H,57,66)(H,59,67);4-5,8,10,15,19,22H,3,6-7,9,11-14H2,1-2H3,(H,20,23);9,12-13H,3-8H2,1-2H3,(H,14,15);6-9H,3-5H2,1-2H3/t36-,37-,38?,39?,41+,44+,45+,46+,49?,50-;;;/m0.../s1. The number of pyridine rings is 1. The van der Waals surface area contributed by atoms with Crippen LogP contribution in [-0.4, -0.2) is 322 Å². The number of carboxylic acids is 1. The monoisotopic (exact) mass is 1960 g/mol. The minimum absolute atomic E-state index is 0.0114. The first-order valence-electron chi connectivity index (χ1n) is 46.5. The molecule has 4 rings (SSSR count). The van der Waals surface area contributed by atoms with E-state index in [2.05, 4.69) is 45.0 Å². The van der Waals surface area contributed by atoms with E-state index >= 15 is 0 Å². The minimum atomic E-state index is -0.945. The molecule has 0 radical (unpaired) electrons. The Labute approximate surface area is 803 Å². The fraction of sp³-hybridized carbons (Fsp3) is 0.742. The average molecular weight is 1960 g/mol. The van der Waals surface area contributed by atoms with Gasteiger partial charge < -0.3 is 123 Å². The number of carboxylic acid groups (broad SMARTS) is 1. The molecule has 3 aromatic rings. The van der Waals surface area contributed by atoms with Gasteiger partial charge in [0.15, 0.2) is 25.2 Å². The third-order valence-corrected chi connectivity index (χ3v) is 24.3. The second-order valence-corrected chi connectivity index (χ2v) is 35.9. The van der Waals surface area contributed by atoms with E-state index in [0.29, 0.717) is 76.1 Å². The summed E-state index contributed by atoms with van der Waals surface area (Å²) < 4.78 is 68.6. The Bertz CT molecular complexity index is 3640. The van der Waals surface area contributed by atoms with Crippen LogP contribution in [0.1, 0.15) is 239 Å². The minimum Gasteiger partial charge on any atom is -0.508 e. The number of phenols is 1. The second kappa shape index (κ2) is 75.6. The highest BCUT2D eigenvalue weighted by Gasteiger charge is 2.39. The number of thiazole rings is 1. The van der Waals surface area contributed by atoms with Crippen LogP contribution in [0.15, 0.2) is 59.1 Å². The van der Waals surface area contributed by atoms with Gasteiger partial charge in [-0.1, -0.05) is 111 Å². The first kappa shape index (κ1) is 125. The quantitative estimate of drug-likeness (QED) is 0.00824. The number of nitrogens with zero attached hydrogens (tertiary/aromatic N) is 4. The number of likely N-dealkylation sites (N-methyl/N-ethyl adjacent to an activating group) is 1. The molecule has 1 aromatic carbocycles. The number of likely N-dealkylation sites (tertiary alicyclic amines) is 1. The molecule has 5 amide bonds. The maximum atomic E-state index is 14.8. The smallest absolute Gasteiger partial charge is 0.309 e. The molecule has 0 spiro atoms. The van der Waals surface area contributed by atoms with Gasteiger partial charge in [-0.25, -0.2) is 9.97 Å². The van der Waals surface area contributed by atoms with E-state index in [4.69, 9.17) is 97.2 Å². The number of nitrogens with one attached hydrogen (secondary N) is 4. The predicted molar refractivity (Wildman–Crippen MR) is 506 cm³/mol. The van der Waals surface area contributed by atoms with Crippen LogP contribution in [-0.2, 0) is 111 Å². The van der Waals surface area contributed by atoms with Crippen LogP contribution in [0.25, 0.3) is 0 Å². The molecule has 2 aromatic heterocycles. The van der Waals surface area contributed by atoms with E-state index in [1.807, 2.05) is 78.6 Å². The molecule has 1 saturated heterocycles. The summed E-state index contributed by atoms with van der Waals surface area (Å²) in [5.74, 6) is -3.89. The molecule has 11 N–H and O–H groups in total. The number of aromatic hydroxyl groups is 1. The fourth-order valence-corrected chi connectivity index (χ4v) is 15.6. The van der Waals surface area contributed by atoms with E-state index < -0.39 is 97.2 Å². The van der Waals surface area contributed by atoms with Gasteiger partial charge in [-0.3, -0.25) is 52.8 Å². The normalized spacial score (nSPS) is 15.9. The summed E-state index contributed by atoms with van der Waals surface area (Å²) >= 11 is 1.31. The molecule has 1 aliphatic heterocycles. The zero-order chi connectivity index (χ0) is 100. The lowest BCUT2D eigenvalue weighted by Gasteiger charge is -2.40. The number of esters is 4. The topological polar surface area (TPSA) is 513 Å². The third kappa shape index (κ3) is 55.3. The fourth-order valence-electron chi connectivity index (χ4n) is 12.9. The summed E-state index contributed by atoms with van der Waals surface area (Å²) in [7, 11) is 10.9. The number of carbonyl (C=O) groups is 10. The van der Waals surface area contributed by atoms with Crippen molar-refractivity contribution in [3.8, 4) is 5.75 Å². The summed E-state index contributed by atoms with van der Waals surface area (Å²) in [5.41, 5.74) is 0.999. The van der Waals surface area contributed by atoms with Crippen LogP contribution in [0.3, 0.4) is 0 Å². The molecule has 16 atom stereocenters. The van der Waals surface area contributed by atoms with Crippen molar-refractivity contribution in [3.05, 3.63) is 70.3 Å². The number of aliphatic carboxylic acids is 1. The molecule has 0 aliphatic carbocycles. The summed E-state index contributed by atoms with van der Waals surface area (Å²) in [6, 6.07) is 10.6. The zero-order valence-electron chi connectivity index (χ0n) is 81.8. The Morgan fingerprint density at radius 1 is 0.612 bits per heavy atom. The van der Waals surface area contributed by atoms with Crippen LogP contribution in [0.2, 0.25) is 0 Å². The largest absolute Gasteiger partial charge is 0.508 e. The van der Waals surface area contributed by atoms with Crippen molar-refractivity contribution in [3.63, 3.8) is 0 Å². The lowest BCUT2D eigenvalue weighted by molar-refractivity contribution is -0.194. The Morgan fingerprint density at radius 3 is 1.63 bits per heavy atom. The molecular weight excluding hydrogens is 1810 g/mol. The summed E-state index contributed by atoms with van der Waals surface area (Å²) in [4.78, 5) is 139. The molecule has 3 heterocycles. The van der Waals surface area contributed by atoms with E-state index in [-0.39, 0.29) is 194 Å². The van der Waals surface area contributed by atoms with Gasteiger partial charge in [0.05, 0.1) is 76.0 Å². The number of hydrogen-bond donors (Lipinski definition) is 11.